The van der Waals surface area contributed by atoms with Gasteiger partial charge >= 0.3 is 6.36 Å². The minimum atomic E-state index is -4.95. The van der Waals surface area contributed by atoms with Gasteiger partial charge in [-0.3, -0.25) is 14.6 Å². The summed E-state index contributed by atoms with van der Waals surface area (Å²) in [5.74, 6) is -3.64. The fourth-order valence-electron chi connectivity index (χ4n) is 4.90. The third kappa shape index (κ3) is 8.68. The highest BCUT2D eigenvalue weighted by Crippen LogP contribution is 2.42. The first-order chi connectivity index (χ1) is 20.6. The van der Waals surface area contributed by atoms with Gasteiger partial charge in [0.05, 0.1) is 6.10 Å². The van der Waals surface area contributed by atoms with Crippen molar-refractivity contribution < 1.29 is 46.1 Å². The van der Waals surface area contributed by atoms with Crippen molar-refractivity contribution in [2.24, 2.45) is 5.73 Å². The number of hydrogen-bond donors (Lipinski definition) is 2. The number of hydrogen-bond acceptors (Lipinski definition) is 7. The molecule has 0 unspecified atom stereocenters. The first-order valence-electron chi connectivity index (χ1n) is 13.8. The molecule has 2 amide bonds. The lowest BCUT2D eigenvalue weighted by atomic mass is 9.52. The molecule has 1 fully saturated rings. The van der Waals surface area contributed by atoms with Gasteiger partial charge in [-0.2, -0.15) is 0 Å². The minimum absolute atomic E-state index is 0.0541. The molecule has 4 rings (SSSR count). The summed E-state index contributed by atoms with van der Waals surface area (Å²) in [6, 6.07) is 8.64. The van der Waals surface area contributed by atoms with E-state index in [0.717, 1.165) is 25.0 Å². The molecule has 0 spiro atoms. The number of nitrogens with one attached hydrogen (secondary N) is 1. The van der Waals surface area contributed by atoms with Crippen LogP contribution in [0.4, 0.5) is 23.2 Å². The molecule has 0 saturated heterocycles. The topological polar surface area (TPSA) is 122 Å². The number of rotatable bonds is 10. The van der Waals surface area contributed by atoms with Crippen LogP contribution in [-0.2, 0) is 4.74 Å². The summed E-state index contributed by atoms with van der Waals surface area (Å²) in [6.45, 7) is 0. The predicted octanol–water partition coefficient (Wildman–Crippen LogP) is 2.82. The highest BCUT2D eigenvalue weighted by molar-refractivity contribution is 6.58. The molecule has 1 aliphatic carbocycles. The second kappa shape index (κ2) is 13.2. The van der Waals surface area contributed by atoms with Crippen molar-refractivity contribution in [1.29, 1.82) is 0 Å². The fraction of sp³-hybridized carbons (Fsp3) is 0.321. The van der Waals surface area contributed by atoms with Gasteiger partial charge in [0.25, 0.3) is 11.8 Å². The van der Waals surface area contributed by atoms with Crippen LogP contribution in [-0.4, -0.2) is 65.2 Å². The zero-order valence-electron chi connectivity index (χ0n) is 24.6. The number of carbonyl (C=O) groups is 2. The van der Waals surface area contributed by atoms with E-state index in [0.29, 0.717) is 18.4 Å². The first kappa shape index (κ1) is 32.7. The lowest BCUT2D eigenvalue weighted by molar-refractivity contribution is -0.274. The van der Waals surface area contributed by atoms with Gasteiger partial charge in [0.2, 0.25) is 0 Å². The number of pyridine rings is 1. The molecule has 230 valence electrons. The molecular weight excluding hydrogens is 583 g/mol. The summed E-state index contributed by atoms with van der Waals surface area (Å²) in [5, 5.41) is 1.65. The molecule has 3 aromatic rings. The average Bonchev–Trinajstić information content (AvgIpc) is 2.92. The Morgan fingerprint density at radius 1 is 0.955 bits per heavy atom. The first-order valence-corrected chi connectivity index (χ1v) is 13.8. The molecule has 3 N–H and O–H groups in total. The third-order valence-corrected chi connectivity index (χ3v) is 6.84. The van der Waals surface area contributed by atoms with Crippen LogP contribution >= 0.6 is 0 Å². The van der Waals surface area contributed by atoms with Crippen molar-refractivity contribution in [3.05, 3.63) is 71.3 Å². The largest absolute Gasteiger partial charge is 0.573 e. The SMILES string of the molecule is BC(B)(B)Oc1cc(OC(F)(F)F)ccc1Oc1cc([C@H]2CC[C@H](OC)CC2)cc(F)c1C(=O)Nc1ccnc(C(N)=O)c1. The minimum Gasteiger partial charge on any atom is -0.510 e. The number of carbonyl (C=O) groups excluding carboxylic acids is 2. The molecule has 16 heteroatoms. The molecule has 0 atom stereocenters. The Kier molecular flexibility index (Phi) is 9.82. The van der Waals surface area contributed by atoms with E-state index in [-0.39, 0.29) is 40.7 Å². The van der Waals surface area contributed by atoms with E-state index in [4.69, 9.17) is 19.9 Å². The van der Waals surface area contributed by atoms with Crippen LogP contribution in [0.1, 0.15) is 58.0 Å². The maximum Gasteiger partial charge on any atom is 0.573 e. The van der Waals surface area contributed by atoms with Gasteiger partial charge in [-0.25, -0.2) is 4.39 Å². The predicted molar refractivity (Wildman–Crippen MR) is 161 cm³/mol. The molecule has 1 aliphatic rings. The van der Waals surface area contributed by atoms with Crippen molar-refractivity contribution in [2.45, 2.75) is 49.4 Å². The van der Waals surface area contributed by atoms with Gasteiger partial charge in [-0.1, -0.05) is 0 Å². The van der Waals surface area contributed by atoms with Crippen LogP contribution in [0.3, 0.4) is 0 Å². The molecule has 44 heavy (non-hydrogen) atoms. The Hall–Kier alpha value is -4.20. The van der Waals surface area contributed by atoms with Crippen LogP contribution in [0.5, 0.6) is 23.0 Å². The second-order valence-electron chi connectivity index (χ2n) is 11.3. The second-order valence-corrected chi connectivity index (χ2v) is 11.3. The number of anilines is 1. The van der Waals surface area contributed by atoms with E-state index >= 15 is 4.39 Å². The normalized spacial score (nSPS) is 17.0. The number of alkyl halides is 3. The molecule has 0 radical (unpaired) electrons. The molecule has 9 nitrogen and oxygen atoms in total. The van der Waals surface area contributed by atoms with Crippen molar-refractivity contribution in [3.63, 3.8) is 0 Å². The molecule has 0 aliphatic heterocycles. The number of halogens is 4. The van der Waals surface area contributed by atoms with Gasteiger partial charge in [0.1, 0.15) is 52.1 Å². The number of nitrogens with two attached hydrogens (primary N) is 1. The number of aromatic nitrogens is 1. The van der Waals surface area contributed by atoms with Gasteiger partial charge < -0.3 is 30.0 Å². The van der Waals surface area contributed by atoms with Crippen LogP contribution in [0.2, 0.25) is 0 Å². The zero-order valence-corrected chi connectivity index (χ0v) is 24.6. The summed E-state index contributed by atoms with van der Waals surface area (Å²) in [5.41, 5.74) is 5.39. The van der Waals surface area contributed by atoms with Gasteiger partial charge in [0.15, 0.2) is 11.5 Å². The summed E-state index contributed by atoms with van der Waals surface area (Å²) >= 11 is 0. The van der Waals surface area contributed by atoms with Crippen molar-refractivity contribution in [1.82, 2.24) is 4.98 Å². The third-order valence-electron chi connectivity index (χ3n) is 6.84. The standard InChI is InChI=1S/C28H30B3F4N3O6/c1-41-17-4-2-14(3-5-17)15-10-19(32)24(26(40)38-16-8-9-37-20(12-16)25(36)39)23(11-15)42-21-7-6-18(43-28(33,34)35)13-22(21)44-27(29,30)31/h6-14,17H,2-5,29-31H2,1H3,(H2,36,39)(H,37,38,40)/t14-,17-. The number of benzene rings is 2. The van der Waals surface area contributed by atoms with E-state index in [2.05, 4.69) is 15.0 Å². The van der Waals surface area contributed by atoms with Crippen LogP contribution in [0, 0.1) is 5.82 Å². The van der Waals surface area contributed by atoms with E-state index in [1.807, 2.05) is 0 Å². The smallest absolute Gasteiger partial charge is 0.510 e. The Labute approximate surface area is 254 Å². The highest BCUT2D eigenvalue weighted by atomic mass is 19.4. The lowest BCUT2D eigenvalue weighted by Gasteiger charge is -2.28. The van der Waals surface area contributed by atoms with Crippen molar-refractivity contribution >= 4 is 41.0 Å². The van der Waals surface area contributed by atoms with E-state index < -0.39 is 40.6 Å². The van der Waals surface area contributed by atoms with E-state index in [9.17, 15) is 22.8 Å². The maximum atomic E-state index is 15.9. The monoisotopic (exact) mass is 613 g/mol. The maximum absolute atomic E-state index is 15.9. The van der Waals surface area contributed by atoms with Gasteiger partial charge in [-0.15, -0.1) is 13.2 Å². The Morgan fingerprint density at radius 2 is 1.66 bits per heavy atom. The quantitative estimate of drug-likeness (QED) is 0.267. The summed E-state index contributed by atoms with van der Waals surface area (Å²) in [6.07, 6.45) is -0.672. The highest BCUT2D eigenvalue weighted by Gasteiger charge is 2.32. The molecule has 2 aromatic carbocycles. The summed E-state index contributed by atoms with van der Waals surface area (Å²) < 4.78 is 76.1. The molecule has 0 bridgehead atoms. The molecule has 1 heterocycles. The average molecular weight is 613 g/mol. The number of amides is 2. The number of ether oxygens (including phenoxy) is 4. The van der Waals surface area contributed by atoms with Gasteiger partial charge in [-0.05, 0) is 73.6 Å². The van der Waals surface area contributed by atoms with E-state index in [1.54, 1.807) is 30.6 Å². The van der Waals surface area contributed by atoms with Crippen molar-refractivity contribution in [3.8, 4) is 23.0 Å². The Bertz CT molecular complexity index is 1530. The van der Waals surface area contributed by atoms with E-state index in [1.165, 1.54) is 36.5 Å². The fourth-order valence-corrected chi connectivity index (χ4v) is 4.90. The molecular formula is C28H30B3F4N3O6. The molecule has 1 aromatic heterocycles. The number of methoxy groups -OCH3 is 1. The summed E-state index contributed by atoms with van der Waals surface area (Å²) in [4.78, 5) is 28.8. The van der Waals surface area contributed by atoms with Crippen LogP contribution in [0.25, 0.3) is 0 Å². The van der Waals surface area contributed by atoms with Crippen LogP contribution < -0.4 is 25.3 Å². The Morgan fingerprint density at radius 3 is 2.27 bits per heavy atom. The summed E-state index contributed by atoms with van der Waals surface area (Å²) in [7, 11) is 6.68. The van der Waals surface area contributed by atoms with Crippen molar-refractivity contribution in [2.75, 3.05) is 12.4 Å². The zero-order chi connectivity index (χ0) is 32.2. The van der Waals surface area contributed by atoms with Crippen LogP contribution in [0.15, 0.2) is 48.7 Å². The number of primary amides is 1. The Balaban J connectivity index is 1.77. The van der Waals surface area contributed by atoms with Gasteiger partial charge in [0, 0.05) is 30.4 Å². The number of nitrogens with zero attached hydrogens (tertiary/aromatic N) is 1. The molecule has 1 saturated carbocycles. The lowest BCUT2D eigenvalue weighted by Crippen LogP contribution is -2.37.